The van der Waals surface area contributed by atoms with E-state index in [2.05, 4.69) is 25.2 Å². The molecule has 3 nitrogen and oxygen atoms in total. The molecule has 90 valence electrons. The third kappa shape index (κ3) is 3.42. The zero-order valence-electron chi connectivity index (χ0n) is 10.5. The van der Waals surface area contributed by atoms with Crippen molar-refractivity contribution in [3.05, 3.63) is 23.8 Å². The van der Waals surface area contributed by atoms with Gasteiger partial charge in [-0.25, -0.2) is 0 Å². The summed E-state index contributed by atoms with van der Waals surface area (Å²) in [5, 5.41) is 3.38. The first-order chi connectivity index (χ1) is 7.69. The molecule has 0 fully saturated rings. The lowest BCUT2D eigenvalue weighted by atomic mass is 10.1. The summed E-state index contributed by atoms with van der Waals surface area (Å²) in [5.41, 5.74) is 1.13. The van der Waals surface area contributed by atoms with Crippen LogP contribution in [0.1, 0.15) is 26.3 Å². The summed E-state index contributed by atoms with van der Waals surface area (Å²) >= 11 is 0. The summed E-state index contributed by atoms with van der Waals surface area (Å²) in [4.78, 5) is 0. The fraction of sp³-hybridized carbons (Fsp3) is 0.538. The van der Waals surface area contributed by atoms with E-state index in [9.17, 15) is 0 Å². The van der Waals surface area contributed by atoms with Crippen LogP contribution in [0.15, 0.2) is 18.2 Å². The van der Waals surface area contributed by atoms with Crippen LogP contribution in [-0.2, 0) is 6.54 Å². The van der Waals surface area contributed by atoms with Crippen LogP contribution >= 0.6 is 0 Å². The van der Waals surface area contributed by atoms with Crippen molar-refractivity contribution in [2.45, 2.75) is 33.4 Å². The van der Waals surface area contributed by atoms with Gasteiger partial charge in [-0.1, -0.05) is 26.0 Å². The van der Waals surface area contributed by atoms with Crippen LogP contribution in [0.3, 0.4) is 0 Å². The molecule has 0 saturated heterocycles. The molecule has 0 bridgehead atoms. The lowest BCUT2D eigenvalue weighted by Crippen LogP contribution is -2.22. The second-order valence-electron chi connectivity index (χ2n) is 3.92. The monoisotopic (exact) mass is 223 g/mol. The van der Waals surface area contributed by atoms with Crippen molar-refractivity contribution in [1.29, 1.82) is 0 Å². The maximum Gasteiger partial charge on any atom is 0.165 e. The Morgan fingerprint density at radius 3 is 2.62 bits per heavy atom. The SMILES string of the molecule is CCOc1c(CNC(C)C)cccc1OC. The largest absolute Gasteiger partial charge is 0.493 e. The average molecular weight is 223 g/mol. The quantitative estimate of drug-likeness (QED) is 0.804. The molecule has 0 atom stereocenters. The molecule has 0 aliphatic rings. The zero-order valence-corrected chi connectivity index (χ0v) is 10.5. The Morgan fingerprint density at radius 2 is 2.06 bits per heavy atom. The van der Waals surface area contributed by atoms with E-state index >= 15 is 0 Å². The number of ether oxygens (including phenoxy) is 2. The number of benzene rings is 1. The van der Waals surface area contributed by atoms with E-state index in [1.807, 2.05) is 19.1 Å². The van der Waals surface area contributed by atoms with Crippen molar-refractivity contribution in [2.75, 3.05) is 13.7 Å². The van der Waals surface area contributed by atoms with Crippen molar-refractivity contribution in [3.63, 3.8) is 0 Å². The summed E-state index contributed by atoms with van der Waals surface area (Å²) < 4.78 is 10.9. The smallest absolute Gasteiger partial charge is 0.165 e. The van der Waals surface area contributed by atoms with Gasteiger partial charge in [-0.05, 0) is 13.0 Å². The van der Waals surface area contributed by atoms with Crippen molar-refractivity contribution >= 4 is 0 Å². The number of methoxy groups -OCH3 is 1. The van der Waals surface area contributed by atoms with Gasteiger partial charge in [0.25, 0.3) is 0 Å². The Hall–Kier alpha value is -1.22. The van der Waals surface area contributed by atoms with E-state index in [4.69, 9.17) is 9.47 Å². The molecule has 0 unspecified atom stereocenters. The number of hydrogen-bond donors (Lipinski definition) is 1. The average Bonchev–Trinajstić information content (AvgIpc) is 2.27. The molecule has 0 aliphatic carbocycles. The molecule has 1 aromatic rings. The molecule has 16 heavy (non-hydrogen) atoms. The molecule has 3 heteroatoms. The molecule has 0 aromatic heterocycles. The molecular formula is C13H21NO2. The van der Waals surface area contributed by atoms with Gasteiger partial charge >= 0.3 is 0 Å². The van der Waals surface area contributed by atoms with Crippen LogP contribution in [0.5, 0.6) is 11.5 Å². The van der Waals surface area contributed by atoms with E-state index in [1.165, 1.54) is 0 Å². The standard InChI is InChI=1S/C13H21NO2/c1-5-16-13-11(9-14-10(2)3)7-6-8-12(13)15-4/h6-8,10,14H,5,9H2,1-4H3. The maximum absolute atomic E-state index is 5.63. The van der Waals surface area contributed by atoms with Crippen LogP contribution in [0, 0.1) is 0 Å². The highest BCUT2D eigenvalue weighted by molar-refractivity contribution is 5.46. The van der Waals surface area contributed by atoms with Crippen molar-refractivity contribution in [2.24, 2.45) is 0 Å². The van der Waals surface area contributed by atoms with Gasteiger partial charge in [0.1, 0.15) is 0 Å². The van der Waals surface area contributed by atoms with Gasteiger partial charge in [-0.3, -0.25) is 0 Å². The van der Waals surface area contributed by atoms with Crippen LogP contribution < -0.4 is 14.8 Å². The molecule has 0 radical (unpaired) electrons. The molecule has 1 aromatic carbocycles. The second-order valence-corrected chi connectivity index (χ2v) is 3.92. The minimum atomic E-state index is 0.459. The van der Waals surface area contributed by atoms with Crippen LogP contribution in [-0.4, -0.2) is 19.8 Å². The number of rotatable bonds is 6. The number of hydrogen-bond acceptors (Lipinski definition) is 3. The van der Waals surface area contributed by atoms with E-state index in [-0.39, 0.29) is 0 Å². The highest BCUT2D eigenvalue weighted by Crippen LogP contribution is 2.30. The molecule has 0 amide bonds. The first-order valence-electron chi connectivity index (χ1n) is 5.71. The van der Waals surface area contributed by atoms with Gasteiger partial charge < -0.3 is 14.8 Å². The highest BCUT2D eigenvalue weighted by Gasteiger charge is 2.09. The van der Waals surface area contributed by atoms with Gasteiger partial charge in [-0.2, -0.15) is 0 Å². The van der Waals surface area contributed by atoms with E-state index in [0.29, 0.717) is 12.6 Å². The Labute approximate surface area is 97.8 Å². The number of para-hydroxylation sites is 1. The van der Waals surface area contributed by atoms with Crippen molar-refractivity contribution in [3.8, 4) is 11.5 Å². The second kappa shape index (κ2) is 6.38. The van der Waals surface area contributed by atoms with Crippen LogP contribution in [0.2, 0.25) is 0 Å². The van der Waals surface area contributed by atoms with Crippen molar-refractivity contribution in [1.82, 2.24) is 5.32 Å². The molecule has 1 rings (SSSR count). The van der Waals surface area contributed by atoms with Gasteiger partial charge in [-0.15, -0.1) is 0 Å². The lowest BCUT2D eigenvalue weighted by Gasteiger charge is -2.15. The lowest BCUT2D eigenvalue weighted by molar-refractivity contribution is 0.306. The normalized spacial score (nSPS) is 10.6. The molecule has 0 heterocycles. The Morgan fingerprint density at radius 1 is 1.31 bits per heavy atom. The van der Waals surface area contributed by atoms with E-state index in [1.54, 1.807) is 7.11 Å². The first kappa shape index (κ1) is 12.8. The summed E-state index contributed by atoms with van der Waals surface area (Å²) in [7, 11) is 1.66. The van der Waals surface area contributed by atoms with Crippen molar-refractivity contribution < 1.29 is 9.47 Å². The fourth-order valence-corrected chi connectivity index (χ4v) is 1.48. The molecule has 0 spiro atoms. The van der Waals surface area contributed by atoms with Gasteiger partial charge in [0.2, 0.25) is 0 Å². The van der Waals surface area contributed by atoms with Crippen LogP contribution in [0.4, 0.5) is 0 Å². The number of nitrogens with one attached hydrogen (secondary N) is 1. The third-order valence-electron chi connectivity index (χ3n) is 2.27. The minimum absolute atomic E-state index is 0.459. The summed E-state index contributed by atoms with van der Waals surface area (Å²) in [6.07, 6.45) is 0. The predicted molar refractivity (Wildman–Crippen MR) is 66.1 cm³/mol. The topological polar surface area (TPSA) is 30.5 Å². The Kier molecular flexibility index (Phi) is 5.12. The van der Waals surface area contributed by atoms with Gasteiger partial charge in [0.05, 0.1) is 13.7 Å². The predicted octanol–water partition coefficient (Wildman–Crippen LogP) is 2.59. The van der Waals surface area contributed by atoms with Gasteiger partial charge in [0, 0.05) is 18.2 Å². The van der Waals surface area contributed by atoms with E-state index < -0.39 is 0 Å². The Bertz CT molecular complexity index is 324. The summed E-state index contributed by atoms with van der Waals surface area (Å²) in [6, 6.07) is 6.42. The first-order valence-corrected chi connectivity index (χ1v) is 5.71. The summed E-state index contributed by atoms with van der Waals surface area (Å²) in [6.45, 7) is 7.67. The highest BCUT2D eigenvalue weighted by atomic mass is 16.5. The molecule has 0 saturated carbocycles. The third-order valence-corrected chi connectivity index (χ3v) is 2.27. The summed E-state index contributed by atoms with van der Waals surface area (Å²) in [5.74, 6) is 1.64. The zero-order chi connectivity index (χ0) is 12.0. The molecule has 1 N–H and O–H groups in total. The van der Waals surface area contributed by atoms with Crippen LogP contribution in [0.25, 0.3) is 0 Å². The molecule has 0 aliphatic heterocycles. The fourth-order valence-electron chi connectivity index (χ4n) is 1.48. The minimum Gasteiger partial charge on any atom is -0.493 e. The maximum atomic E-state index is 5.63. The molecular weight excluding hydrogens is 202 g/mol. The van der Waals surface area contributed by atoms with Gasteiger partial charge in [0.15, 0.2) is 11.5 Å². The Balaban J connectivity index is 2.88. The van der Waals surface area contributed by atoms with E-state index in [0.717, 1.165) is 23.6 Å².